The van der Waals surface area contributed by atoms with Gasteiger partial charge in [-0.15, -0.1) is 0 Å². The molecular formula is C14H19N3O. The fourth-order valence-corrected chi connectivity index (χ4v) is 1.88. The molecule has 2 aromatic rings. The molecule has 0 aliphatic carbocycles. The van der Waals surface area contributed by atoms with Crippen molar-refractivity contribution in [2.45, 2.75) is 26.2 Å². The molecule has 4 heteroatoms. The van der Waals surface area contributed by atoms with E-state index < -0.39 is 0 Å². The Labute approximate surface area is 107 Å². The highest BCUT2D eigenvalue weighted by molar-refractivity contribution is 5.46. The Kier molecular flexibility index (Phi) is 3.87. The third-order valence-corrected chi connectivity index (χ3v) is 2.87. The number of rotatable bonds is 5. The minimum absolute atomic E-state index is 0.661. The standard InChI is InChI=1S/C14H19N3O/c1-3-4-6-11-9-14(15)17(16-11)12-7-5-8-13(10-12)18-2/h5,7-10H,3-4,6,15H2,1-2H3. The van der Waals surface area contributed by atoms with Crippen molar-refractivity contribution in [1.29, 1.82) is 0 Å². The summed E-state index contributed by atoms with van der Waals surface area (Å²) in [5.74, 6) is 1.46. The number of aromatic nitrogens is 2. The van der Waals surface area contributed by atoms with Crippen molar-refractivity contribution in [2.75, 3.05) is 12.8 Å². The van der Waals surface area contributed by atoms with Gasteiger partial charge >= 0.3 is 0 Å². The van der Waals surface area contributed by atoms with E-state index in [1.54, 1.807) is 11.8 Å². The lowest BCUT2D eigenvalue weighted by Crippen LogP contribution is -2.02. The van der Waals surface area contributed by atoms with Gasteiger partial charge in [-0.3, -0.25) is 0 Å². The van der Waals surface area contributed by atoms with E-state index in [0.29, 0.717) is 5.82 Å². The van der Waals surface area contributed by atoms with Crippen LogP contribution in [0.25, 0.3) is 5.69 Å². The Hall–Kier alpha value is -1.97. The molecule has 0 aliphatic heterocycles. The maximum absolute atomic E-state index is 6.00. The SMILES string of the molecule is CCCCc1cc(N)n(-c2cccc(OC)c2)n1. The lowest BCUT2D eigenvalue weighted by molar-refractivity contribution is 0.414. The summed E-state index contributed by atoms with van der Waals surface area (Å²) in [6, 6.07) is 9.67. The summed E-state index contributed by atoms with van der Waals surface area (Å²) in [7, 11) is 1.65. The molecule has 2 N–H and O–H groups in total. The second kappa shape index (κ2) is 5.58. The van der Waals surface area contributed by atoms with Crippen molar-refractivity contribution in [3.63, 3.8) is 0 Å². The maximum atomic E-state index is 6.00. The molecule has 0 amide bonds. The summed E-state index contributed by atoms with van der Waals surface area (Å²) in [6.07, 6.45) is 3.26. The molecule has 0 atom stereocenters. The van der Waals surface area contributed by atoms with Gasteiger partial charge in [-0.1, -0.05) is 19.4 Å². The van der Waals surface area contributed by atoms with E-state index in [9.17, 15) is 0 Å². The molecule has 4 nitrogen and oxygen atoms in total. The highest BCUT2D eigenvalue weighted by Gasteiger charge is 2.07. The van der Waals surface area contributed by atoms with Crippen LogP contribution in [-0.2, 0) is 6.42 Å². The topological polar surface area (TPSA) is 53.1 Å². The average Bonchev–Trinajstić information content (AvgIpc) is 2.77. The van der Waals surface area contributed by atoms with Gasteiger partial charge in [0.05, 0.1) is 18.5 Å². The number of anilines is 1. The van der Waals surface area contributed by atoms with Gasteiger partial charge < -0.3 is 10.5 Å². The molecule has 0 unspecified atom stereocenters. The van der Waals surface area contributed by atoms with Crippen LogP contribution in [0.2, 0.25) is 0 Å². The molecule has 0 fully saturated rings. The van der Waals surface area contributed by atoms with Crippen molar-refractivity contribution in [3.05, 3.63) is 36.0 Å². The molecule has 0 bridgehead atoms. The molecule has 0 aliphatic rings. The van der Waals surface area contributed by atoms with Gasteiger partial charge in [0.15, 0.2) is 0 Å². The first kappa shape index (κ1) is 12.5. The Morgan fingerprint density at radius 3 is 2.89 bits per heavy atom. The smallest absolute Gasteiger partial charge is 0.127 e. The van der Waals surface area contributed by atoms with Crippen molar-refractivity contribution >= 4 is 5.82 Å². The quantitative estimate of drug-likeness (QED) is 0.881. The Morgan fingerprint density at radius 1 is 1.33 bits per heavy atom. The van der Waals surface area contributed by atoms with Crippen molar-refractivity contribution < 1.29 is 4.74 Å². The summed E-state index contributed by atoms with van der Waals surface area (Å²) in [6.45, 7) is 2.17. The summed E-state index contributed by atoms with van der Waals surface area (Å²) in [5, 5.41) is 4.53. The fourth-order valence-electron chi connectivity index (χ4n) is 1.88. The number of nitrogens with zero attached hydrogens (tertiary/aromatic N) is 2. The number of hydrogen-bond donors (Lipinski definition) is 1. The second-order valence-corrected chi connectivity index (χ2v) is 4.28. The molecule has 96 valence electrons. The molecule has 0 radical (unpaired) electrons. The van der Waals surface area contributed by atoms with Gasteiger partial charge in [0.2, 0.25) is 0 Å². The van der Waals surface area contributed by atoms with Crippen LogP contribution in [0, 0.1) is 0 Å². The lowest BCUT2D eigenvalue weighted by Gasteiger charge is -2.06. The first-order valence-corrected chi connectivity index (χ1v) is 6.23. The third kappa shape index (κ3) is 2.64. The van der Waals surface area contributed by atoms with E-state index in [0.717, 1.165) is 36.4 Å². The Bertz CT molecular complexity index is 520. The number of unbranched alkanes of at least 4 members (excludes halogenated alkanes) is 1. The number of nitrogen functional groups attached to an aromatic ring is 1. The molecule has 2 rings (SSSR count). The van der Waals surface area contributed by atoms with Gasteiger partial charge in [-0.05, 0) is 25.0 Å². The van der Waals surface area contributed by atoms with Crippen LogP contribution in [-0.4, -0.2) is 16.9 Å². The zero-order chi connectivity index (χ0) is 13.0. The van der Waals surface area contributed by atoms with Crippen LogP contribution in [0.5, 0.6) is 5.75 Å². The van der Waals surface area contributed by atoms with Crippen LogP contribution in [0.4, 0.5) is 5.82 Å². The largest absolute Gasteiger partial charge is 0.497 e. The second-order valence-electron chi connectivity index (χ2n) is 4.28. The van der Waals surface area contributed by atoms with Gasteiger partial charge in [-0.2, -0.15) is 5.10 Å². The van der Waals surface area contributed by atoms with Gasteiger partial charge in [0.25, 0.3) is 0 Å². The zero-order valence-electron chi connectivity index (χ0n) is 10.9. The van der Waals surface area contributed by atoms with E-state index in [4.69, 9.17) is 10.5 Å². The fraction of sp³-hybridized carbons (Fsp3) is 0.357. The Balaban J connectivity index is 2.29. The number of nitrogens with two attached hydrogens (primary N) is 1. The number of hydrogen-bond acceptors (Lipinski definition) is 3. The molecule has 1 heterocycles. The zero-order valence-corrected chi connectivity index (χ0v) is 10.9. The molecule has 0 saturated carbocycles. The van der Waals surface area contributed by atoms with Crippen LogP contribution in [0.3, 0.4) is 0 Å². The number of methoxy groups -OCH3 is 1. The first-order chi connectivity index (χ1) is 8.74. The molecule has 0 spiro atoms. The molecule has 0 saturated heterocycles. The van der Waals surface area contributed by atoms with E-state index in [-0.39, 0.29) is 0 Å². The predicted molar refractivity (Wildman–Crippen MR) is 73.1 cm³/mol. The van der Waals surface area contributed by atoms with Crippen molar-refractivity contribution in [1.82, 2.24) is 9.78 Å². The van der Waals surface area contributed by atoms with Gasteiger partial charge in [0.1, 0.15) is 11.6 Å². The van der Waals surface area contributed by atoms with Crippen molar-refractivity contribution in [2.24, 2.45) is 0 Å². The van der Waals surface area contributed by atoms with E-state index in [1.165, 1.54) is 0 Å². The van der Waals surface area contributed by atoms with Crippen LogP contribution in [0.1, 0.15) is 25.5 Å². The maximum Gasteiger partial charge on any atom is 0.127 e. The third-order valence-electron chi connectivity index (χ3n) is 2.87. The normalized spacial score (nSPS) is 10.6. The number of benzene rings is 1. The highest BCUT2D eigenvalue weighted by atomic mass is 16.5. The van der Waals surface area contributed by atoms with E-state index >= 15 is 0 Å². The van der Waals surface area contributed by atoms with E-state index in [1.807, 2.05) is 30.3 Å². The van der Waals surface area contributed by atoms with Crippen LogP contribution >= 0.6 is 0 Å². The van der Waals surface area contributed by atoms with Crippen LogP contribution < -0.4 is 10.5 Å². The highest BCUT2D eigenvalue weighted by Crippen LogP contribution is 2.20. The van der Waals surface area contributed by atoms with Crippen molar-refractivity contribution in [3.8, 4) is 11.4 Å². The molecular weight excluding hydrogens is 226 g/mol. The first-order valence-electron chi connectivity index (χ1n) is 6.23. The van der Waals surface area contributed by atoms with E-state index in [2.05, 4.69) is 12.0 Å². The predicted octanol–water partition coefficient (Wildman–Crippen LogP) is 2.81. The lowest BCUT2D eigenvalue weighted by atomic mass is 10.2. The number of aryl methyl sites for hydroxylation is 1. The van der Waals surface area contributed by atoms with Gasteiger partial charge in [0, 0.05) is 12.1 Å². The minimum Gasteiger partial charge on any atom is -0.497 e. The number of ether oxygens (including phenoxy) is 1. The monoisotopic (exact) mass is 245 g/mol. The minimum atomic E-state index is 0.661. The average molecular weight is 245 g/mol. The molecule has 1 aromatic carbocycles. The van der Waals surface area contributed by atoms with Crippen LogP contribution in [0.15, 0.2) is 30.3 Å². The van der Waals surface area contributed by atoms with Gasteiger partial charge in [-0.25, -0.2) is 4.68 Å². The molecule has 1 aromatic heterocycles. The Morgan fingerprint density at radius 2 is 2.17 bits per heavy atom. The summed E-state index contributed by atoms with van der Waals surface area (Å²) >= 11 is 0. The summed E-state index contributed by atoms with van der Waals surface area (Å²) in [5.41, 5.74) is 7.96. The summed E-state index contributed by atoms with van der Waals surface area (Å²) < 4.78 is 6.96. The molecule has 18 heavy (non-hydrogen) atoms. The summed E-state index contributed by atoms with van der Waals surface area (Å²) in [4.78, 5) is 0.